The molecule has 0 fully saturated rings. The smallest absolute Gasteiger partial charge is 0.240 e. The molecule has 0 amide bonds. The molecule has 0 heterocycles. The summed E-state index contributed by atoms with van der Waals surface area (Å²) in [6.45, 7) is 0.136. The number of aliphatic imine (C=N–C) groups is 1. The van der Waals surface area contributed by atoms with Crippen molar-refractivity contribution in [3.05, 3.63) is 29.6 Å². The van der Waals surface area contributed by atoms with Gasteiger partial charge in [0, 0.05) is 18.2 Å². The number of carbonyl (C=O) groups excluding carboxylic acids is 1. The molecule has 0 spiro atoms. The van der Waals surface area contributed by atoms with Crippen LogP contribution in [0.1, 0.15) is 5.56 Å². The first kappa shape index (κ1) is 8.59. The highest BCUT2D eigenvalue weighted by molar-refractivity contribution is 5.49. The topological polar surface area (TPSA) is 55.4 Å². The third-order valence-corrected chi connectivity index (χ3v) is 1.43. The molecular formula is C8H7FN2O. The molecule has 1 rings (SSSR count). The highest BCUT2D eigenvalue weighted by atomic mass is 19.1. The van der Waals surface area contributed by atoms with Gasteiger partial charge in [-0.15, -0.1) is 0 Å². The zero-order chi connectivity index (χ0) is 8.97. The van der Waals surface area contributed by atoms with Crippen LogP contribution in [0.5, 0.6) is 0 Å². The molecule has 0 radical (unpaired) electrons. The molecule has 62 valence electrons. The zero-order valence-electron chi connectivity index (χ0n) is 6.25. The van der Waals surface area contributed by atoms with Crippen LogP contribution >= 0.6 is 0 Å². The SMILES string of the molecule is NCc1ccc(N=C=O)cc1F. The molecule has 0 saturated carbocycles. The summed E-state index contributed by atoms with van der Waals surface area (Å²) in [6, 6.07) is 4.15. The summed E-state index contributed by atoms with van der Waals surface area (Å²) in [5.74, 6) is -0.450. The van der Waals surface area contributed by atoms with E-state index in [2.05, 4.69) is 4.99 Å². The van der Waals surface area contributed by atoms with Crippen LogP contribution in [0, 0.1) is 5.82 Å². The van der Waals surface area contributed by atoms with Crippen molar-refractivity contribution in [1.82, 2.24) is 0 Å². The van der Waals surface area contributed by atoms with Gasteiger partial charge >= 0.3 is 0 Å². The van der Waals surface area contributed by atoms with Gasteiger partial charge < -0.3 is 5.73 Å². The van der Waals surface area contributed by atoms with Crippen LogP contribution in [-0.2, 0) is 11.3 Å². The number of hydrogen-bond donors (Lipinski definition) is 1. The summed E-state index contributed by atoms with van der Waals surface area (Å²) in [7, 11) is 0. The Balaban J connectivity index is 3.09. The summed E-state index contributed by atoms with van der Waals surface area (Å²) in [5.41, 5.74) is 5.88. The number of isocyanates is 1. The minimum atomic E-state index is -0.450. The number of nitrogens with two attached hydrogens (primary N) is 1. The van der Waals surface area contributed by atoms with Crippen molar-refractivity contribution in [2.24, 2.45) is 10.7 Å². The summed E-state index contributed by atoms with van der Waals surface area (Å²) >= 11 is 0. The average molecular weight is 166 g/mol. The van der Waals surface area contributed by atoms with Gasteiger partial charge in [0.05, 0.1) is 5.69 Å². The highest BCUT2D eigenvalue weighted by Gasteiger charge is 2.00. The van der Waals surface area contributed by atoms with Gasteiger partial charge in [0.1, 0.15) is 5.82 Å². The van der Waals surface area contributed by atoms with Gasteiger partial charge in [0.25, 0.3) is 0 Å². The Morgan fingerprint density at radius 1 is 1.58 bits per heavy atom. The molecule has 12 heavy (non-hydrogen) atoms. The molecule has 0 aliphatic rings. The Morgan fingerprint density at radius 2 is 2.33 bits per heavy atom. The fourth-order valence-corrected chi connectivity index (χ4v) is 0.824. The van der Waals surface area contributed by atoms with E-state index in [4.69, 9.17) is 5.73 Å². The van der Waals surface area contributed by atoms with Gasteiger partial charge in [-0.3, -0.25) is 0 Å². The van der Waals surface area contributed by atoms with Crippen LogP contribution in [0.3, 0.4) is 0 Å². The maximum Gasteiger partial charge on any atom is 0.240 e. The molecule has 0 aliphatic carbocycles. The van der Waals surface area contributed by atoms with Gasteiger partial charge in [0.15, 0.2) is 0 Å². The Bertz CT molecular complexity index is 332. The third kappa shape index (κ3) is 1.75. The molecule has 0 saturated heterocycles. The normalized spacial score (nSPS) is 9.17. The second kappa shape index (κ2) is 3.76. The predicted molar refractivity (Wildman–Crippen MR) is 42.1 cm³/mol. The van der Waals surface area contributed by atoms with Crippen molar-refractivity contribution in [3.63, 3.8) is 0 Å². The van der Waals surface area contributed by atoms with Crippen LogP contribution in [0.15, 0.2) is 23.2 Å². The Hall–Kier alpha value is -1.51. The van der Waals surface area contributed by atoms with Crippen molar-refractivity contribution in [2.75, 3.05) is 0 Å². The van der Waals surface area contributed by atoms with E-state index in [1.165, 1.54) is 18.2 Å². The first-order chi connectivity index (χ1) is 5.77. The molecule has 1 aromatic rings. The summed E-state index contributed by atoms with van der Waals surface area (Å²) in [6.07, 6.45) is 1.33. The summed E-state index contributed by atoms with van der Waals surface area (Å²) < 4.78 is 12.9. The molecule has 0 atom stereocenters. The van der Waals surface area contributed by atoms with Gasteiger partial charge in [-0.25, -0.2) is 9.18 Å². The van der Waals surface area contributed by atoms with Crippen molar-refractivity contribution >= 4 is 11.8 Å². The largest absolute Gasteiger partial charge is 0.326 e. The van der Waals surface area contributed by atoms with Gasteiger partial charge in [-0.1, -0.05) is 6.07 Å². The molecule has 4 heteroatoms. The lowest BCUT2D eigenvalue weighted by molar-refractivity contribution is 0.565. The average Bonchev–Trinajstić information content (AvgIpc) is 2.05. The lowest BCUT2D eigenvalue weighted by Gasteiger charge is -1.98. The van der Waals surface area contributed by atoms with Crippen molar-refractivity contribution < 1.29 is 9.18 Å². The van der Waals surface area contributed by atoms with E-state index in [9.17, 15) is 9.18 Å². The quantitative estimate of drug-likeness (QED) is 0.531. The predicted octanol–water partition coefficient (Wildman–Crippen LogP) is 1.25. The number of nitrogens with zero attached hydrogens (tertiary/aromatic N) is 1. The van der Waals surface area contributed by atoms with E-state index in [1.807, 2.05) is 0 Å². The molecule has 1 aromatic carbocycles. The minimum absolute atomic E-state index is 0.136. The lowest BCUT2D eigenvalue weighted by Crippen LogP contribution is -1.98. The molecule has 0 aromatic heterocycles. The number of hydrogen-bond acceptors (Lipinski definition) is 3. The second-order valence-electron chi connectivity index (χ2n) is 2.18. The van der Waals surface area contributed by atoms with Crippen LogP contribution < -0.4 is 5.73 Å². The van der Waals surface area contributed by atoms with E-state index in [1.54, 1.807) is 0 Å². The van der Waals surface area contributed by atoms with Crippen LogP contribution in [0.25, 0.3) is 0 Å². The first-order valence-corrected chi connectivity index (χ1v) is 3.34. The number of halogens is 1. The Labute approximate surface area is 68.7 Å². The molecule has 0 unspecified atom stereocenters. The molecular weight excluding hydrogens is 159 g/mol. The van der Waals surface area contributed by atoms with Crippen LogP contribution in [0.4, 0.5) is 10.1 Å². The van der Waals surface area contributed by atoms with E-state index in [0.717, 1.165) is 6.07 Å². The van der Waals surface area contributed by atoms with E-state index >= 15 is 0 Å². The fraction of sp³-hybridized carbons (Fsp3) is 0.125. The van der Waals surface area contributed by atoms with E-state index in [-0.39, 0.29) is 12.2 Å². The first-order valence-electron chi connectivity index (χ1n) is 3.34. The Kier molecular flexibility index (Phi) is 2.69. The van der Waals surface area contributed by atoms with Crippen LogP contribution in [0.2, 0.25) is 0 Å². The maximum atomic E-state index is 12.9. The van der Waals surface area contributed by atoms with Crippen molar-refractivity contribution in [2.45, 2.75) is 6.54 Å². The van der Waals surface area contributed by atoms with Crippen LogP contribution in [-0.4, -0.2) is 6.08 Å². The number of benzene rings is 1. The Morgan fingerprint density at radius 3 is 2.83 bits per heavy atom. The third-order valence-electron chi connectivity index (χ3n) is 1.43. The zero-order valence-corrected chi connectivity index (χ0v) is 6.25. The monoisotopic (exact) mass is 166 g/mol. The molecule has 2 N–H and O–H groups in total. The molecule has 0 bridgehead atoms. The summed E-state index contributed by atoms with van der Waals surface area (Å²) in [4.78, 5) is 13.1. The second-order valence-corrected chi connectivity index (χ2v) is 2.18. The number of rotatable bonds is 2. The molecule has 0 aliphatic heterocycles. The van der Waals surface area contributed by atoms with Gasteiger partial charge in [-0.05, 0) is 6.07 Å². The standard InChI is InChI=1S/C8H7FN2O/c9-8-3-7(11-5-12)2-1-6(8)4-10/h1-3H,4,10H2. The summed E-state index contributed by atoms with van der Waals surface area (Å²) in [5, 5.41) is 0. The fourth-order valence-electron chi connectivity index (χ4n) is 0.824. The maximum absolute atomic E-state index is 12.9. The van der Waals surface area contributed by atoms with Crippen molar-refractivity contribution in [3.8, 4) is 0 Å². The molecule has 3 nitrogen and oxygen atoms in total. The van der Waals surface area contributed by atoms with Gasteiger partial charge in [-0.2, -0.15) is 4.99 Å². The van der Waals surface area contributed by atoms with E-state index in [0.29, 0.717) is 5.56 Å². The van der Waals surface area contributed by atoms with E-state index < -0.39 is 5.82 Å². The van der Waals surface area contributed by atoms with Gasteiger partial charge in [0.2, 0.25) is 6.08 Å². The minimum Gasteiger partial charge on any atom is -0.326 e. The van der Waals surface area contributed by atoms with Crippen molar-refractivity contribution in [1.29, 1.82) is 0 Å². The highest BCUT2D eigenvalue weighted by Crippen LogP contribution is 2.15. The lowest BCUT2D eigenvalue weighted by atomic mass is 10.2.